The maximum absolute atomic E-state index is 11.2. The summed E-state index contributed by atoms with van der Waals surface area (Å²) in [6, 6.07) is 0. The standard InChI is InChI=1S/C5H12O8P2.Ni/c1-5(4-6)2-3-12-15(10,11)13-14(7,8)9;/h2,6H,3-4H2,1H3,(H,10,11)(H2,7,8,9);/q;+3/p-3. The Morgan fingerprint density at radius 3 is 2.44 bits per heavy atom. The van der Waals surface area contributed by atoms with E-state index in [-0.39, 0.29) is 13.2 Å². The van der Waals surface area contributed by atoms with Gasteiger partial charge in [-0.3, -0.25) is 0 Å². The Morgan fingerprint density at radius 1 is 1.50 bits per heavy atom. The van der Waals surface area contributed by atoms with Gasteiger partial charge in [0.05, 0.1) is 0 Å². The van der Waals surface area contributed by atoms with E-state index >= 15 is 0 Å². The maximum atomic E-state index is 11.2. The van der Waals surface area contributed by atoms with Crippen molar-refractivity contribution >= 4 is 15.6 Å². The molecule has 0 spiro atoms. The Balaban J connectivity index is 4.40. The first kappa shape index (κ1) is 16.5. The molecule has 1 atom stereocenters. The first-order valence-electron chi connectivity index (χ1n) is 3.75. The first-order chi connectivity index (χ1) is 7.22. The minimum absolute atomic E-state index is 0.256. The van der Waals surface area contributed by atoms with Crippen molar-refractivity contribution in [3.05, 3.63) is 11.6 Å². The van der Waals surface area contributed by atoms with E-state index in [1.165, 1.54) is 6.08 Å². The number of aliphatic hydroxyl groups excluding tert-OH is 1. The summed E-state index contributed by atoms with van der Waals surface area (Å²) < 4.78 is 33.2. The molecule has 16 heavy (non-hydrogen) atoms. The monoisotopic (exact) mass is 317 g/mol. The van der Waals surface area contributed by atoms with Crippen molar-refractivity contribution in [3.63, 3.8) is 0 Å². The molecule has 0 amide bonds. The van der Waals surface area contributed by atoms with Crippen LogP contribution in [0.15, 0.2) is 11.6 Å². The predicted octanol–water partition coefficient (Wildman–Crippen LogP) is -0.627. The molecule has 11 heteroatoms. The zero-order valence-corrected chi connectivity index (χ0v) is 10.8. The van der Waals surface area contributed by atoms with Gasteiger partial charge in [0.2, 0.25) is 0 Å². The van der Waals surface area contributed by atoms with Crippen LogP contribution in [0.3, 0.4) is 0 Å². The van der Waals surface area contributed by atoms with E-state index in [0.29, 0.717) is 5.57 Å². The quantitative estimate of drug-likeness (QED) is 0.373. The van der Waals surface area contributed by atoms with E-state index in [0.717, 1.165) is 0 Å². The third-order valence-electron chi connectivity index (χ3n) is 1.18. The summed E-state index contributed by atoms with van der Waals surface area (Å²) in [6.07, 6.45) is 1.29. The fourth-order valence-corrected chi connectivity index (χ4v) is 2.50. The summed E-state index contributed by atoms with van der Waals surface area (Å²) in [5, 5.41) is 8.59. The van der Waals surface area contributed by atoms with Gasteiger partial charge in [-0.25, -0.2) is 0 Å². The number of aliphatic hydroxyl groups is 1. The summed E-state index contributed by atoms with van der Waals surface area (Å²) >= 11 is 3.58. The van der Waals surface area contributed by atoms with Crippen LogP contribution in [0.5, 0.6) is 0 Å². The number of rotatable bonds is 7. The van der Waals surface area contributed by atoms with Crippen molar-refractivity contribution < 1.29 is 52.3 Å². The average molecular weight is 318 g/mol. The van der Waals surface area contributed by atoms with Gasteiger partial charge < -0.3 is 0 Å². The Kier molecular flexibility index (Phi) is 7.21. The van der Waals surface area contributed by atoms with Crippen molar-refractivity contribution in [1.29, 1.82) is 0 Å². The van der Waals surface area contributed by atoms with Crippen molar-refractivity contribution in [3.8, 4) is 0 Å². The van der Waals surface area contributed by atoms with Crippen LogP contribution >= 0.6 is 15.6 Å². The molecule has 0 fully saturated rings. The summed E-state index contributed by atoms with van der Waals surface area (Å²) in [7, 11) is -10.1. The van der Waals surface area contributed by atoms with Crippen LogP contribution in [-0.2, 0) is 37.4 Å². The topological polar surface area (TPSA) is 128 Å². The van der Waals surface area contributed by atoms with Gasteiger partial charge in [0.15, 0.2) is 0 Å². The molecule has 8 nitrogen and oxygen atoms in total. The molecule has 0 saturated heterocycles. The van der Waals surface area contributed by atoms with Crippen LogP contribution in [0.1, 0.15) is 6.92 Å². The molecular formula is C5H9NiO8P2. The number of hydrogen-bond acceptors (Lipinski definition) is 8. The summed E-state index contributed by atoms with van der Waals surface area (Å²) in [5.41, 5.74) is 0.479. The average Bonchev–Trinajstić information content (AvgIpc) is 2.14. The molecule has 0 rings (SSSR count). The zero-order chi connectivity index (χ0) is 12.8. The fraction of sp³-hybridized carbons (Fsp3) is 0.600. The second kappa shape index (κ2) is 7.01. The van der Waals surface area contributed by atoms with E-state index in [1.807, 2.05) is 0 Å². The minimum atomic E-state index is -5.52. The number of hydrogen-bond donors (Lipinski definition) is 1. The molecule has 0 saturated carbocycles. The molecule has 0 radical (unpaired) electrons. The van der Waals surface area contributed by atoms with Crippen molar-refractivity contribution in [2.24, 2.45) is 0 Å². The zero-order valence-electron chi connectivity index (χ0n) is 8.01. The fourth-order valence-electron chi connectivity index (χ4n) is 0.509. The van der Waals surface area contributed by atoms with E-state index < -0.39 is 15.6 Å². The van der Waals surface area contributed by atoms with Gasteiger partial charge in [-0.05, 0) is 0 Å². The third-order valence-corrected chi connectivity index (χ3v) is 4.05. The molecule has 97 valence electrons. The Labute approximate surface area is 100 Å². The van der Waals surface area contributed by atoms with E-state index in [9.17, 15) is 18.9 Å². The van der Waals surface area contributed by atoms with Gasteiger partial charge in [0.25, 0.3) is 0 Å². The molecule has 0 bridgehead atoms. The van der Waals surface area contributed by atoms with Gasteiger partial charge in [-0.1, -0.05) is 0 Å². The van der Waals surface area contributed by atoms with Crippen molar-refractivity contribution in [2.45, 2.75) is 6.92 Å². The predicted molar refractivity (Wildman–Crippen MR) is 44.2 cm³/mol. The van der Waals surface area contributed by atoms with Crippen molar-refractivity contribution in [2.75, 3.05) is 13.2 Å². The molecular weight excluding hydrogens is 309 g/mol. The Morgan fingerprint density at radius 2 is 2.06 bits per heavy atom. The van der Waals surface area contributed by atoms with Crippen LogP contribution in [0.2, 0.25) is 0 Å². The molecule has 0 aromatic rings. The van der Waals surface area contributed by atoms with Crippen LogP contribution in [0.25, 0.3) is 0 Å². The normalized spacial score (nSPS) is 17.2. The summed E-state index contributed by atoms with van der Waals surface area (Å²) in [6.45, 7) is 0.902. The SMILES string of the molecule is CC(=CCOP(=O)([O][Ni+2])OP(=O)([O-])[O-])CO. The van der Waals surface area contributed by atoms with Crippen LogP contribution in [0, 0.1) is 0 Å². The molecule has 0 aliphatic carbocycles. The summed E-state index contributed by atoms with van der Waals surface area (Å²) in [5.74, 6) is 0. The van der Waals surface area contributed by atoms with Gasteiger partial charge in [-0.2, -0.15) is 0 Å². The Bertz CT molecular complexity index is 335. The van der Waals surface area contributed by atoms with E-state index in [1.54, 1.807) is 6.92 Å². The molecule has 0 aliphatic heterocycles. The summed E-state index contributed by atoms with van der Waals surface area (Å²) in [4.78, 5) is 20.4. The first-order valence-corrected chi connectivity index (χ1v) is 7.07. The van der Waals surface area contributed by atoms with Gasteiger partial charge >= 0.3 is 99.7 Å². The van der Waals surface area contributed by atoms with E-state index in [4.69, 9.17) is 5.11 Å². The Hall–Kier alpha value is 0.454. The van der Waals surface area contributed by atoms with Crippen LogP contribution in [-0.4, -0.2) is 18.3 Å². The van der Waals surface area contributed by atoms with Crippen LogP contribution in [0.4, 0.5) is 0 Å². The second-order valence-corrected chi connectivity index (χ2v) is 5.89. The number of phosphoric acid groups is 2. The van der Waals surface area contributed by atoms with Gasteiger partial charge in [0.1, 0.15) is 0 Å². The molecule has 1 unspecified atom stereocenters. The van der Waals surface area contributed by atoms with Crippen molar-refractivity contribution in [1.82, 2.24) is 0 Å². The van der Waals surface area contributed by atoms with Gasteiger partial charge in [0, 0.05) is 0 Å². The second-order valence-electron chi connectivity index (χ2n) is 2.54. The molecule has 0 heterocycles. The molecule has 0 aromatic heterocycles. The van der Waals surface area contributed by atoms with E-state index in [2.05, 4.69) is 28.3 Å². The molecule has 1 N–H and O–H groups in total. The van der Waals surface area contributed by atoms with Gasteiger partial charge in [-0.15, -0.1) is 0 Å². The third kappa shape index (κ3) is 7.68. The van der Waals surface area contributed by atoms with Crippen LogP contribution < -0.4 is 9.79 Å². The molecule has 0 aromatic carbocycles. The molecule has 0 aliphatic rings.